The first-order chi connectivity index (χ1) is 16.0. The Morgan fingerprint density at radius 2 is 2.12 bits per heavy atom. The summed E-state index contributed by atoms with van der Waals surface area (Å²) in [4.78, 5) is 27.6. The number of ether oxygens (including phenoxy) is 2. The molecule has 1 saturated heterocycles. The highest BCUT2D eigenvalue weighted by atomic mass is 32.1. The number of nitrogens with zero attached hydrogens (tertiary/aromatic N) is 2. The third-order valence-electron chi connectivity index (χ3n) is 5.21. The molecule has 0 radical (unpaired) electrons. The van der Waals surface area contributed by atoms with Gasteiger partial charge in [0.1, 0.15) is 24.1 Å². The van der Waals surface area contributed by atoms with E-state index in [9.17, 15) is 19.3 Å². The number of aromatic nitrogens is 2. The Balaban J connectivity index is 1.80. The molecule has 34 heavy (non-hydrogen) atoms. The zero-order valence-corrected chi connectivity index (χ0v) is 20.6. The van der Waals surface area contributed by atoms with Crippen LogP contribution in [0.1, 0.15) is 20.1 Å². The molecule has 2 heterocycles. The molecular formula is C20H27FN4O7P2. The second kappa shape index (κ2) is 10.6. The number of carbonyl (C=O) groups is 1. The topological polar surface area (TPSA) is 155 Å². The van der Waals surface area contributed by atoms with Crippen LogP contribution in [0.15, 0.2) is 47.4 Å². The van der Waals surface area contributed by atoms with Gasteiger partial charge >= 0.3 is 11.7 Å². The van der Waals surface area contributed by atoms with Crippen molar-refractivity contribution >= 4 is 32.6 Å². The number of rotatable bonds is 9. The number of benzene rings is 1. The van der Waals surface area contributed by atoms with E-state index in [1.165, 1.54) is 26.3 Å². The van der Waals surface area contributed by atoms with E-state index < -0.39 is 63.9 Å². The Bertz CT molecular complexity index is 1120. The van der Waals surface area contributed by atoms with Crippen LogP contribution in [0.2, 0.25) is 0 Å². The fourth-order valence-corrected chi connectivity index (χ4v) is 7.92. The standard InChI is InChI=1S/C20H27FN4O7P2/c1-12(17(27)30-3)24-34(29,33-13-7-5-4-6-8-13)31-11-14-16(26)20(2,21)18(32-14)25-10-9-15(22)23-19(25)28/h4-10,12,14,16,18,26,33H,11H2,1-3H3,(H,24,29)(H2,22,23,28)/t12-,14+,16+,18+,20+,34?/m0/s1. The lowest BCUT2D eigenvalue weighted by Gasteiger charge is -2.25. The zero-order valence-electron chi connectivity index (χ0n) is 18.8. The lowest BCUT2D eigenvalue weighted by Crippen LogP contribution is -2.43. The molecule has 1 fully saturated rings. The van der Waals surface area contributed by atoms with Gasteiger partial charge in [-0.1, -0.05) is 30.3 Å². The van der Waals surface area contributed by atoms with E-state index in [1.54, 1.807) is 30.3 Å². The van der Waals surface area contributed by atoms with E-state index >= 15 is 4.39 Å². The molecule has 2 unspecified atom stereocenters. The predicted octanol–water partition coefficient (Wildman–Crippen LogP) is 1.09. The van der Waals surface area contributed by atoms with Crippen molar-refractivity contribution in [3.8, 4) is 0 Å². The number of hydrogen-bond acceptors (Lipinski definition) is 9. The van der Waals surface area contributed by atoms with Crippen LogP contribution in [0, 0.1) is 0 Å². The van der Waals surface area contributed by atoms with Crippen LogP contribution in [-0.4, -0.2) is 58.3 Å². The van der Waals surface area contributed by atoms with Crippen molar-refractivity contribution in [1.29, 1.82) is 0 Å². The van der Waals surface area contributed by atoms with Gasteiger partial charge < -0.3 is 24.8 Å². The molecule has 1 aromatic heterocycles. The van der Waals surface area contributed by atoms with Gasteiger partial charge in [-0.3, -0.25) is 13.9 Å². The fraction of sp³-hybridized carbons (Fsp3) is 0.450. The number of hydrogen-bond donors (Lipinski definition) is 3. The summed E-state index contributed by atoms with van der Waals surface area (Å²) in [7, 11) is -2.92. The van der Waals surface area contributed by atoms with Crippen molar-refractivity contribution in [2.24, 2.45) is 0 Å². The lowest BCUT2D eigenvalue weighted by molar-refractivity contribution is -0.142. The summed E-state index contributed by atoms with van der Waals surface area (Å²) in [6.45, 7) is 2.06. The third-order valence-corrected chi connectivity index (χ3v) is 9.77. The molecule has 4 N–H and O–H groups in total. The Morgan fingerprint density at radius 1 is 1.44 bits per heavy atom. The van der Waals surface area contributed by atoms with Crippen LogP contribution in [0.3, 0.4) is 0 Å². The van der Waals surface area contributed by atoms with Gasteiger partial charge in [0.05, 0.1) is 13.7 Å². The highest BCUT2D eigenvalue weighted by Crippen LogP contribution is 2.61. The number of aliphatic hydroxyl groups excluding tert-OH is 1. The third kappa shape index (κ3) is 5.89. The highest BCUT2D eigenvalue weighted by molar-refractivity contribution is 8.24. The van der Waals surface area contributed by atoms with Crippen molar-refractivity contribution < 1.29 is 32.9 Å². The number of methoxy groups -OCH3 is 1. The zero-order chi connectivity index (χ0) is 25.1. The van der Waals surface area contributed by atoms with Gasteiger partial charge in [-0.2, -0.15) is 4.98 Å². The Hall–Kier alpha value is -2.20. The molecule has 3 rings (SSSR count). The second-order valence-corrected chi connectivity index (χ2v) is 12.7. The van der Waals surface area contributed by atoms with Crippen LogP contribution >= 0.6 is 15.5 Å². The summed E-state index contributed by atoms with van der Waals surface area (Å²) >= 11 is 0. The van der Waals surface area contributed by atoms with E-state index in [1.807, 2.05) is 0 Å². The van der Waals surface area contributed by atoms with Crippen LogP contribution < -0.4 is 21.8 Å². The summed E-state index contributed by atoms with van der Waals surface area (Å²) in [5.41, 5.74) is 2.23. The summed E-state index contributed by atoms with van der Waals surface area (Å²) in [5.74, 6) is -0.695. The molecule has 7 atom stereocenters. The normalized spacial score (nSPS) is 27.5. The van der Waals surface area contributed by atoms with Crippen LogP contribution in [0.4, 0.5) is 10.2 Å². The smallest absolute Gasteiger partial charge is 0.351 e. The Kier molecular flexibility index (Phi) is 8.23. The summed E-state index contributed by atoms with van der Waals surface area (Å²) < 4.78 is 45.9. The number of nitrogens with two attached hydrogens (primary N) is 1. The van der Waals surface area contributed by atoms with E-state index in [-0.39, 0.29) is 5.82 Å². The highest BCUT2D eigenvalue weighted by Gasteiger charge is 2.55. The minimum Gasteiger partial charge on any atom is -0.468 e. The average Bonchev–Trinajstić information content (AvgIpc) is 3.01. The Labute approximate surface area is 197 Å². The Morgan fingerprint density at radius 3 is 2.74 bits per heavy atom. The number of aliphatic hydroxyl groups is 1. The monoisotopic (exact) mass is 516 g/mol. The molecule has 0 spiro atoms. The summed E-state index contributed by atoms with van der Waals surface area (Å²) in [6.07, 6.45) is -3.29. The average molecular weight is 516 g/mol. The first kappa shape index (κ1) is 26.4. The molecule has 1 aliphatic rings. The molecule has 0 amide bonds. The predicted molar refractivity (Wildman–Crippen MR) is 125 cm³/mol. The lowest BCUT2D eigenvalue weighted by atomic mass is 9.98. The summed E-state index contributed by atoms with van der Waals surface area (Å²) in [6, 6.07) is 9.15. The van der Waals surface area contributed by atoms with Crippen molar-refractivity contribution in [1.82, 2.24) is 14.6 Å². The molecule has 1 aromatic carbocycles. The van der Waals surface area contributed by atoms with E-state index in [2.05, 4.69) is 14.8 Å². The number of halogens is 1. The van der Waals surface area contributed by atoms with Crippen LogP contribution in [0.5, 0.6) is 0 Å². The molecule has 0 aliphatic carbocycles. The molecular weight excluding hydrogens is 489 g/mol. The minimum absolute atomic E-state index is 0.0473. The second-order valence-electron chi connectivity index (χ2n) is 7.86. The van der Waals surface area contributed by atoms with E-state index in [0.717, 1.165) is 11.5 Å². The van der Waals surface area contributed by atoms with Crippen molar-refractivity contribution in [2.75, 3.05) is 19.5 Å². The largest absolute Gasteiger partial charge is 0.468 e. The molecule has 14 heteroatoms. The number of nitrogens with one attached hydrogen (secondary N) is 1. The van der Waals surface area contributed by atoms with Gasteiger partial charge in [0.2, 0.25) is 0 Å². The minimum atomic E-state index is -3.73. The van der Waals surface area contributed by atoms with Gasteiger partial charge in [0.25, 0.3) is 7.21 Å². The van der Waals surface area contributed by atoms with Crippen molar-refractivity contribution in [3.63, 3.8) is 0 Å². The molecule has 2 aromatic rings. The maximum atomic E-state index is 15.4. The van der Waals surface area contributed by atoms with Crippen LogP contribution in [0.25, 0.3) is 0 Å². The molecule has 0 bridgehead atoms. The summed E-state index contributed by atoms with van der Waals surface area (Å²) in [5, 5.41) is 13.9. The molecule has 186 valence electrons. The SMILES string of the molecule is COC(=O)[C@H](C)NP(=O)(OC[C@H]1O[C@@H](n2ccc(N)nc2=O)[C@](C)(F)[C@@H]1O)Pc1ccccc1. The molecule has 0 saturated carbocycles. The molecule has 11 nitrogen and oxygen atoms in total. The van der Waals surface area contributed by atoms with Gasteiger partial charge in [0, 0.05) is 14.5 Å². The quantitative estimate of drug-likeness (QED) is 0.326. The van der Waals surface area contributed by atoms with Crippen LogP contribution in [-0.2, 0) is 23.4 Å². The fourth-order valence-electron chi connectivity index (χ4n) is 3.40. The number of alkyl halides is 1. The molecule has 1 aliphatic heterocycles. The van der Waals surface area contributed by atoms with Gasteiger partial charge in [0.15, 0.2) is 11.9 Å². The van der Waals surface area contributed by atoms with Gasteiger partial charge in [-0.15, -0.1) is 0 Å². The first-order valence-electron chi connectivity index (χ1n) is 10.3. The number of anilines is 1. The van der Waals surface area contributed by atoms with Gasteiger partial charge in [-0.25, -0.2) is 14.3 Å². The van der Waals surface area contributed by atoms with Crippen molar-refractivity contribution in [2.45, 2.75) is 44.0 Å². The van der Waals surface area contributed by atoms with E-state index in [4.69, 9.17) is 15.0 Å². The number of esters is 1. The van der Waals surface area contributed by atoms with Gasteiger partial charge in [-0.05, 0) is 25.2 Å². The maximum Gasteiger partial charge on any atom is 0.351 e. The number of carbonyl (C=O) groups excluding carboxylic acids is 1. The van der Waals surface area contributed by atoms with E-state index in [0.29, 0.717) is 5.30 Å². The number of nitrogen functional groups attached to an aromatic ring is 1. The maximum absolute atomic E-state index is 15.4. The first-order valence-corrected chi connectivity index (χ1v) is 13.7. The van der Waals surface area contributed by atoms with Crippen molar-refractivity contribution in [3.05, 3.63) is 53.1 Å².